The molecular formula is C11H11FN2S. The molecule has 2 aromatic rings. The topological polar surface area (TPSA) is 24.9 Å². The predicted octanol–water partition coefficient (Wildman–Crippen LogP) is 2.59. The van der Waals surface area contributed by atoms with Crippen molar-refractivity contribution in [3.63, 3.8) is 0 Å². The zero-order chi connectivity index (χ0) is 10.7. The smallest absolute Gasteiger partial charge is 0.146 e. The van der Waals surface area contributed by atoms with Gasteiger partial charge in [0.05, 0.1) is 12.2 Å². The van der Waals surface area contributed by atoms with E-state index in [1.54, 1.807) is 23.6 Å². The van der Waals surface area contributed by atoms with Crippen molar-refractivity contribution in [3.8, 4) is 0 Å². The third-order valence-electron chi connectivity index (χ3n) is 2.23. The molecule has 0 aromatic carbocycles. The molecule has 1 N–H and O–H groups in total. The second-order valence-corrected chi connectivity index (χ2v) is 4.11. The summed E-state index contributed by atoms with van der Waals surface area (Å²) in [4.78, 5) is 4.84. The van der Waals surface area contributed by atoms with E-state index in [4.69, 9.17) is 0 Å². The van der Waals surface area contributed by atoms with Crippen molar-refractivity contribution in [2.75, 3.05) is 7.05 Å². The van der Waals surface area contributed by atoms with E-state index in [1.165, 1.54) is 6.20 Å². The van der Waals surface area contributed by atoms with Crippen LogP contribution in [0.1, 0.15) is 16.5 Å². The zero-order valence-electron chi connectivity index (χ0n) is 8.27. The quantitative estimate of drug-likeness (QED) is 0.863. The Morgan fingerprint density at radius 2 is 2.33 bits per heavy atom. The molecule has 0 amide bonds. The average molecular weight is 222 g/mol. The maximum atomic E-state index is 13.5. The molecule has 0 saturated heterocycles. The number of nitrogens with one attached hydrogen (secondary N) is 1. The molecule has 0 saturated carbocycles. The lowest BCUT2D eigenvalue weighted by Gasteiger charge is -2.15. The number of pyridine rings is 1. The second kappa shape index (κ2) is 4.51. The molecule has 2 aromatic heterocycles. The van der Waals surface area contributed by atoms with Crippen molar-refractivity contribution < 1.29 is 4.39 Å². The molecule has 4 heteroatoms. The van der Waals surface area contributed by atoms with Crippen LogP contribution in [0.3, 0.4) is 0 Å². The summed E-state index contributed by atoms with van der Waals surface area (Å²) in [5.41, 5.74) is 0.634. The van der Waals surface area contributed by atoms with Gasteiger partial charge in [-0.05, 0) is 24.6 Å². The maximum absolute atomic E-state index is 13.5. The van der Waals surface area contributed by atoms with Crippen LogP contribution in [0.2, 0.25) is 0 Å². The highest BCUT2D eigenvalue weighted by Gasteiger charge is 2.16. The number of hydrogen-bond donors (Lipinski definition) is 1. The normalized spacial score (nSPS) is 12.7. The van der Waals surface area contributed by atoms with Crippen LogP contribution < -0.4 is 5.32 Å². The molecule has 2 heterocycles. The van der Waals surface area contributed by atoms with Crippen molar-refractivity contribution in [1.29, 1.82) is 0 Å². The molecule has 78 valence electrons. The minimum Gasteiger partial charge on any atom is -0.309 e. The number of aromatic nitrogens is 1. The largest absolute Gasteiger partial charge is 0.309 e. The Hall–Kier alpha value is -1.26. The molecule has 1 atom stereocenters. The van der Waals surface area contributed by atoms with Crippen LogP contribution in [0.25, 0.3) is 0 Å². The first-order valence-corrected chi connectivity index (χ1v) is 5.51. The van der Waals surface area contributed by atoms with Gasteiger partial charge in [-0.25, -0.2) is 4.39 Å². The Kier molecular flexibility index (Phi) is 3.08. The summed E-state index contributed by atoms with van der Waals surface area (Å²) in [6, 6.07) is 5.57. The van der Waals surface area contributed by atoms with E-state index in [-0.39, 0.29) is 11.9 Å². The predicted molar refractivity (Wildman–Crippen MR) is 59.4 cm³/mol. The van der Waals surface area contributed by atoms with Crippen molar-refractivity contribution in [3.05, 3.63) is 52.2 Å². The summed E-state index contributed by atoms with van der Waals surface area (Å²) in [6.07, 6.45) is 2.85. The lowest BCUT2D eigenvalue weighted by Crippen LogP contribution is -2.17. The molecule has 1 unspecified atom stereocenters. The monoisotopic (exact) mass is 222 g/mol. The number of nitrogens with zero attached hydrogens (tertiary/aromatic N) is 1. The van der Waals surface area contributed by atoms with Crippen LogP contribution in [0.5, 0.6) is 0 Å². The van der Waals surface area contributed by atoms with E-state index in [0.29, 0.717) is 5.56 Å². The van der Waals surface area contributed by atoms with Crippen LogP contribution in [0, 0.1) is 5.82 Å². The van der Waals surface area contributed by atoms with Gasteiger partial charge in [-0.2, -0.15) is 0 Å². The van der Waals surface area contributed by atoms with Crippen molar-refractivity contribution >= 4 is 11.3 Å². The number of thiophene rings is 1. The summed E-state index contributed by atoms with van der Waals surface area (Å²) in [5.74, 6) is -0.273. The van der Waals surface area contributed by atoms with Gasteiger partial charge in [0.2, 0.25) is 0 Å². The number of halogens is 1. The van der Waals surface area contributed by atoms with E-state index in [1.807, 2.05) is 24.6 Å². The van der Waals surface area contributed by atoms with Crippen LogP contribution >= 0.6 is 11.3 Å². The third kappa shape index (κ3) is 2.06. The van der Waals surface area contributed by atoms with Gasteiger partial charge in [-0.1, -0.05) is 6.07 Å². The van der Waals surface area contributed by atoms with Gasteiger partial charge < -0.3 is 5.32 Å². The molecule has 15 heavy (non-hydrogen) atoms. The first-order chi connectivity index (χ1) is 7.33. The maximum Gasteiger partial charge on any atom is 0.146 e. The fourth-order valence-electron chi connectivity index (χ4n) is 1.53. The Labute approximate surface area is 91.8 Å². The lowest BCUT2D eigenvalue weighted by atomic mass is 10.1. The number of rotatable bonds is 3. The fourth-order valence-corrected chi connectivity index (χ4v) is 2.38. The van der Waals surface area contributed by atoms with Gasteiger partial charge in [0.25, 0.3) is 0 Å². The molecule has 2 nitrogen and oxygen atoms in total. The van der Waals surface area contributed by atoms with Crippen LogP contribution in [-0.4, -0.2) is 12.0 Å². The van der Waals surface area contributed by atoms with Gasteiger partial charge in [0.15, 0.2) is 0 Å². The third-order valence-corrected chi connectivity index (χ3v) is 3.17. The van der Waals surface area contributed by atoms with E-state index in [9.17, 15) is 4.39 Å². The Morgan fingerprint density at radius 3 is 2.93 bits per heavy atom. The van der Waals surface area contributed by atoms with E-state index in [0.717, 1.165) is 4.88 Å². The highest BCUT2D eigenvalue weighted by atomic mass is 32.1. The first kappa shape index (κ1) is 10.3. The SMILES string of the molecule is CNC(c1cccs1)c1ccncc1F. The highest BCUT2D eigenvalue weighted by molar-refractivity contribution is 7.10. The zero-order valence-corrected chi connectivity index (χ0v) is 9.09. The Bertz CT molecular complexity index is 428. The van der Waals surface area contributed by atoms with Crippen LogP contribution in [0.4, 0.5) is 4.39 Å². The summed E-state index contributed by atoms with van der Waals surface area (Å²) in [7, 11) is 1.82. The molecule has 0 aliphatic rings. The summed E-state index contributed by atoms with van der Waals surface area (Å²) >= 11 is 1.61. The van der Waals surface area contributed by atoms with Gasteiger partial charge in [0, 0.05) is 16.6 Å². The summed E-state index contributed by atoms with van der Waals surface area (Å²) < 4.78 is 13.5. The Morgan fingerprint density at radius 1 is 1.47 bits per heavy atom. The second-order valence-electron chi connectivity index (χ2n) is 3.13. The van der Waals surface area contributed by atoms with Gasteiger partial charge >= 0.3 is 0 Å². The molecular weight excluding hydrogens is 211 g/mol. The molecule has 0 aliphatic heterocycles. The Balaban J connectivity index is 2.40. The molecule has 0 fully saturated rings. The molecule has 0 bridgehead atoms. The van der Waals surface area contributed by atoms with E-state index in [2.05, 4.69) is 10.3 Å². The van der Waals surface area contributed by atoms with Crippen molar-refractivity contribution in [1.82, 2.24) is 10.3 Å². The van der Waals surface area contributed by atoms with Gasteiger partial charge in [-0.15, -0.1) is 11.3 Å². The van der Waals surface area contributed by atoms with Crippen molar-refractivity contribution in [2.45, 2.75) is 6.04 Å². The molecule has 0 radical (unpaired) electrons. The van der Waals surface area contributed by atoms with Crippen LogP contribution in [0.15, 0.2) is 36.0 Å². The summed E-state index contributed by atoms with van der Waals surface area (Å²) in [6.45, 7) is 0. The molecule has 0 spiro atoms. The van der Waals surface area contributed by atoms with Crippen LogP contribution in [-0.2, 0) is 0 Å². The number of hydrogen-bond acceptors (Lipinski definition) is 3. The fraction of sp³-hybridized carbons (Fsp3) is 0.182. The summed E-state index contributed by atoms with van der Waals surface area (Å²) in [5, 5.41) is 5.09. The van der Waals surface area contributed by atoms with E-state index < -0.39 is 0 Å². The minimum absolute atomic E-state index is 0.0898. The first-order valence-electron chi connectivity index (χ1n) is 4.63. The van der Waals surface area contributed by atoms with E-state index >= 15 is 0 Å². The highest BCUT2D eigenvalue weighted by Crippen LogP contribution is 2.26. The average Bonchev–Trinajstić information content (AvgIpc) is 2.75. The van der Waals surface area contributed by atoms with Gasteiger partial charge in [0.1, 0.15) is 5.82 Å². The minimum atomic E-state index is -0.273. The lowest BCUT2D eigenvalue weighted by molar-refractivity contribution is 0.574. The molecule has 2 rings (SSSR count). The van der Waals surface area contributed by atoms with Crippen molar-refractivity contribution in [2.24, 2.45) is 0 Å². The van der Waals surface area contributed by atoms with Gasteiger partial charge in [-0.3, -0.25) is 4.98 Å². The molecule has 0 aliphatic carbocycles. The standard InChI is InChI=1S/C11H11FN2S/c1-13-11(10-3-2-6-15-10)8-4-5-14-7-9(8)12/h2-7,11,13H,1H3.